The SMILES string of the molecule is CC(C)(CCc1ccc(-c2ccc(Cl)c3c(N(C(=O)[C@H]4C[C@@H](N)C4)S(C)(=O)=O)nn(CC(F)(F)F)c23)c([C@H](Cc2cc(F)cc(F)c2)NC(=O)Cn2nc(C(F)(F)F)c3c2C(F)(F)C2C[C@H]32)n1)S(C)(=O)=O. The fourth-order valence-electron chi connectivity index (χ4n) is 9.27. The summed E-state index contributed by atoms with van der Waals surface area (Å²) in [7, 11) is -8.40. The monoisotopic (exact) mass is 1070 g/mol. The lowest BCUT2D eigenvalue weighted by Gasteiger charge is -2.34. The number of halogens is 11. The number of fused-ring (bicyclic) bond motifs is 4. The standard InChI is InChI=1S/C44H43ClF10N8O6S2/c1-41(2,70(3,66)67)10-9-25-5-6-26(27-7-8-30(45)34-36(27)62(19-42(48,49)50)60-39(34)63(71(4,68)69)40(65)21-14-24(56)15-21)35(57-25)31(13-20-11-22(46)16-23(47)12-20)58-32(64)18-61-38-33(37(59-61)44(53,54)55)28-17-29(28)43(38,51)52/h5-8,11-12,16,21,24,28-29,31H,9-10,13-15,17-19,56H2,1-4H3,(H,58,64)/t21-,24+,28-,29?,31-/m0/s1. The Morgan fingerprint density at radius 1 is 0.930 bits per heavy atom. The molecule has 2 aromatic carbocycles. The predicted octanol–water partition coefficient (Wildman–Crippen LogP) is 7.90. The number of nitrogens with zero attached hydrogens (tertiary/aromatic N) is 6. The summed E-state index contributed by atoms with van der Waals surface area (Å²) in [6.07, 6.45) is -9.73. The van der Waals surface area contributed by atoms with E-state index in [0.717, 1.165) is 24.5 Å². The van der Waals surface area contributed by atoms with E-state index in [2.05, 4.69) is 15.5 Å². The van der Waals surface area contributed by atoms with Crippen molar-refractivity contribution in [1.29, 1.82) is 0 Å². The Kier molecular flexibility index (Phi) is 13.0. The van der Waals surface area contributed by atoms with Gasteiger partial charge in [-0.3, -0.25) is 23.9 Å². The van der Waals surface area contributed by atoms with Gasteiger partial charge in [-0.15, -0.1) is 0 Å². The number of amides is 2. The summed E-state index contributed by atoms with van der Waals surface area (Å²) in [4.78, 5) is 32.8. The number of hydrogen-bond acceptors (Lipinski definition) is 10. The molecule has 2 fully saturated rings. The number of anilines is 1. The van der Waals surface area contributed by atoms with Crippen LogP contribution in [0.2, 0.25) is 5.02 Å². The number of aryl methyl sites for hydroxylation is 1. The molecule has 0 spiro atoms. The maximum Gasteiger partial charge on any atom is 0.435 e. The molecule has 3 aliphatic carbocycles. The minimum Gasteiger partial charge on any atom is -0.346 e. The molecule has 2 saturated carbocycles. The lowest BCUT2D eigenvalue weighted by Crippen LogP contribution is -2.48. The summed E-state index contributed by atoms with van der Waals surface area (Å²) in [5.41, 5.74) is 0.896. The van der Waals surface area contributed by atoms with Crippen LogP contribution in [0.15, 0.2) is 42.5 Å². The van der Waals surface area contributed by atoms with Crippen LogP contribution < -0.4 is 15.4 Å². The van der Waals surface area contributed by atoms with E-state index in [1.165, 1.54) is 32.0 Å². The van der Waals surface area contributed by atoms with Crippen molar-refractivity contribution < 1.29 is 70.3 Å². The number of nitrogens with two attached hydrogens (primary N) is 1. The van der Waals surface area contributed by atoms with Crippen molar-refractivity contribution in [2.45, 2.75) is 106 Å². The third-order valence-electron chi connectivity index (χ3n) is 13.2. The van der Waals surface area contributed by atoms with E-state index in [0.29, 0.717) is 17.0 Å². The molecule has 0 saturated heterocycles. The molecule has 0 aliphatic heterocycles. The molecule has 0 radical (unpaired) electrons. The van der Waals surface area contributed by atoms with Crippen LogP contribution in [0.25, 0.3) is 22.0 Å². The van der Waals surface area contributed by atoms with Gasteiger partial charge in [-0.25, -0.2) is 25.6 Å². The van der Waals surface area contributed by atoms with Crippen molar-refractivity contribution in [3.63, 3.8) is 0 Å². The molecule has 3 aromatic heterocycles. The quantitative estimate of drug-likeness (QED) is 0.0975. The highest BCUT2D eigenvalue weighted by Gasteiger charge is 2.68. The maximum absolute atomic E-state index is 15.6. The van der Waals surface area contributed by atoms with Crippen molar-refractivity contribution in [3.05, 3.63) is 93.0 Å². The lowest BCUT2D eigenvalue weighted by molar-refractivity contribution is -0.143. The molecular weight excluding hydrogens is 1030 g/mol. The van der Waals surface area contributed by atoms with E-state index in [4.69, 9.17) is 22.3 Å². The normalized spacial score (nSPS) is 20.3. The fraction of sp³-hybridized carbons (Fsp3) is 0.477. The largest absolute Gasteiger partial charge is 0.435 e. The lowest BCUT2D eigenvalue weighted by atomic mass is 9.80. The number of sulfonamides is 1. The van der Waals surface area contributed by atoms with Crippen LogP contribution in [0.1, 0.15) is 85.4 Å². The van der Waals surface area contributed by atoms with Gasteiger partial charge in [0.15, 0.2) is 21.3 Å². The first-order valence-corrected chi connectivity index (χ1v) is 25.8. The summed E-state index contributed by atoms with van der Waals surface area (Å²) < 4.78 is 199. The fourth-order valence-corrected chi connectivity index (χ4v) is 10.9. The van der Waals surface area contributed by atoms with Gasteiger partial charge in [-0.05, 0) is 88.1 Å². The van der Waals surface area contributed by atoms with E-state index in [-0.39, 0.29) is 69.2 Å². The van der Waals surface area contributed by atoms with Crippen LogP contribution >= 0.6 is 11.6 Å². The summed E-state index contributed by atoms with van der Waals surface area (Å²) in [5.74, 6) is -12.8. The Bertz CT molecular complexity index is 3210. The van der Waals surface area contributed by atoms with Crippen molar-refractivity contribution in [3.8, 4) is 11.1 Å². The van der Waals surface area contributed by atoms with Crippen LogP contribution in [0.4, 0.5) is 49.7 Å². The Labute approximate surface area is 403 Å². The first kappa shape index (κ1) is 52.0. The molecule has 384 valence electrons. The zero-order valence-corrected chi connectivity index (χ0v) is 40.2. The Hall–Kier alpha value is -5.34. The number of aromatic nitrogens is 5. The van der Waals surface area contributed by atoms with Crippen LogP contribution in [0, 0.1) is 23.5 Å². The number of benzene rings is 2. The molecule has 2 amide bonds. The number of hydrogen-bond donors (Lipinski definition) is 2. The average Bonchev–Trinajstić information content (AvgIpc) is 3.73. The van der Waals surface area contributed by atoms with Crippen molar-refractivity contribution in [1.82, 2.24) is 29.9 Å². The number of carbonyl (C=O) groups excluding carboxylic acids is 2. The third kappa shape index (κ3) is 10.1. The Morgan fingerprint density at radius 3 is 2.14 bits per heavy atom. The van der Waals surface area contributed by atoms with Crippen molar-refractivity contribution in [2.75, 3.05) is 16.8 Å². The number of sulfone groups is 1. The third-order valence-corrected chi connectivity index (χ3v) is 16.7. The number of alkyl halides is 8. The highest BCUT2D eigenvalue weighted by atomic mass is 35.5. The van der Waals surface area contributed by atoms with E-state index in [1.807, 2.05) is 0 Å². The van der Waals surface area contributed by atoms with Crippen LogP contribution in [-0.4, -0.2) is 82.7 Å². The van der Waals surface area contributed by atoms with Gasteiger partial charge < -0.3 is 11.1 Å². The Balaban J connectivity index is 1.34. The second-order valence-electron chi connectivity index (χ2n) is 18.9. The number of rotatable bonds is 15. The van der Waals surface area contributed by atoms with E-state index in [9.17, 15) is 61.5 Å². The molecule has 3 atom stereocenters. The first-order valence-electron chi connectivity index (χ1n) is 21.7. The molecule has 14 nitrogen and oxygen atoms in total. The van der Waals surface area contributed by atoms with Gasteiger partial charge in [0.05, 0.1) is 38.7 Å². The number of carbonyl (C=O) groups is 2. The predicted molar refractivity (Wildman–Crippen MR) is 237 cm³/mol. The molecular formula is C44H43ClF10N8O6S2. The molecule has 3 N–H and O–H groups in total. The summed E-state index contributed by atoms with van der Waals surface area (Å²) in [6, 6.07) is 4.95. The number of nitrogens with one attached hydrogen (secondary N) is 1. The minimum absolute atomic E-state index is 0.0337. The average molecular weight is 1070 g/mol. The van der Waals surface area contributed by atoms with Crippen molar-refractivity contribution in [2.24, 2.45) is 17.6 Å². The van der Waals surface area contributed by atoms with Gasteiger partial charge in [0, 0.05) is 52.6 Å². The Morgan fingerprint density at radius 2 is 1.56 bits per heavy atom. The summed E-state index contributed by atoms with van der Waals surface area (Å²) in [6.45, 7) is -0.332. The molecule has 71 heavy (non-hydrogen) atoms. The molecule has 8 rings (SSSR count). The van der Waals surface area contributed by atoms with Gasteiger partial charge in [-0.2, -0.15) is 49.6 Å². The van der Waals surface area contributed by atoms with Gasteiger partial charge in [0.1, 0.15) is 30.4 Å². The van der Waals surface area contributed by atoms with Crippen LogP contribution in [-0.2, 0) is 67.5 Å². The minimum atomic E-state index is -5.20. The van der Waals surface area contributed by atoms with Gasteiger partial charge in [0.25, 0.3) is 5.92 Å². The second kappa shape index (κ2) is 17.7. The molecule has 0 bridgehead atoms. The highest BCUT2D eigenvalue weighted by Crippen LogP contribution is 2.68. The topological polar surface area (TPSA) is 192 Å². The van der Waals surface area contributed by atoms with Crippen molar-refractivity contribution >= 4 is 60.0 Å². The van der Waals surface area contributed by atoms with E-state index >= 15 is 8.78 Å². The van der Waals surface area contributed by atoms with Crippen LogP contribution in [0.5, 0.6) is 0 Å². The van der Waals surface area contributed by atoms with Gasteiger partial charge in [-0.1, -0.05) is 23.7 Å². The van der Waals surface area contributed by atoms with E-state index < -0.39 is 154 Å². The van der Waals surface area contributed by atoms with Gasteiger partial charge >= 0.3 is 12.4 Å². The summed E-state index contributed by atoms with van der Waals surface area (Å²) >= 11 is 6.68. The zero-order valence-electron chi connectivity index (χ0n) is 37.8. The zero-order chi connectivity index (χ0) is 52.3. The number of pyridine rings is 1. The molecule has 1 unspecified atom stereocenters. The maximum atomic E-state index is 15.6. The first-order chi connectivity index (χ1) is 32.7. The molecule has 3 heterocycles. The van der Waals surface area contributed by atoms with Crippen LogP contribution in [0.3, 0.4) is 0 Å². The van der Waals surface area contributed by atoms with Gasteiger partial charge in [0.2, 0.25) is 21.8 Å². The second-order valence-corrected chi connectivity index (χ2v) is 23.8. The van der Waals surface area contributed by atoms with E-state index in [1.54, 1.807) is 0 Å². The highest BCUT2D eigenvalue weighted by molar-refractivity contribution is 7.93. The molecule has 3 aliphatic rings. The smallest absolute Gasteiger partial charge is 0.346 e. The molecule has 27 heteroatoms. The molecule has 5 aromatic rings. The summed E-state index contributed by atoms with van der Waals surface area (Å²) in [5, 5.41) is 9.02.